The van der Waals surface area contributed by atoms with Crippen molar-refractivity contribution in [2.24, 2.45) is 11.3 Å². The molecule has 0 aliphatic rings. The number of ether oxygens (including phenoxy) is 1. The lowest BCUT2D eigenvalue weighted by atomic mass is 9.81. The molecule has 1 unspecified atom stereocenters. The van der Waals surface area contributed by atoms with Gasteiger partial charge in [0.25, 0.3) is 0 Å². The van der Waals surface area contributed by atoms with Crippen molar-refractivity contribution < 1.29 is 4.74 Å². The van der Waals surface area contributed by atoms with Crippen molar-refractivity contribution in [2.75, 3.05) is 6.61 Å². The van der Waals surface area contributed by atoms with Gasteiger partial charge in [0, 0.05) is 12.2 Å². The molecule has 0 aromatic heterocycles. The van der Waals surface area contributed by atoms with Gasteiger partial charge in [-0.1, -0.05) is 41.2 Å². The third kappa shape index (κ3) is 5.20. The standard InChI is InChI=1S/C14H26O/c1-8-12(14(5,6)7)13(15-9-2)10-11(3)4/h11,13H,1,9-10H2,2-7H3. The molecule has 0 fully saturated rings. The van der Waals surface area contributed by atoms with Crippen molar-refractivity contribution in [1.29, 1.82) is 0 Å². The van der Waals surface area contributed by atoms with Gasteiger partial charge in [-0.2, -0.15) is 0 Å². The van der Waals surface area contributed by atoms with E-state index in [0.29, 0.717) is 5.92 Å². The Hall–Kier alpha value is -0.520. The Bertz CT molecular complexity index is 226. The van der Waals surface area contributed by atoms with E-state index in [9.17, 15) is 0 Å². The molecule has 15 heavy (non-hydrogen) atoms. The van der Waals surface area contributed by atoms with Crippen molar-refractivity contribution >= 4 is 0 Å². The van der Waals surface area contributed by atoms with E-state index in [1.807, 2.05) is 6.92 Å². The molecular formula is C14H26O. The molecule has 0 aliphatic carbocycles. The summed E-state index contributed by atoms with van der Waals surface area (Å²) < 4.78 is 5.79. The molecule has 0 N–H and O–H groups in total. The molecule has 0 saturated carbocycles. The summed E-state index contributed by atoms with van der Waals surface area (Å²) >= 11 is 0. The van der Waals surface area contributed by atoms with Crippen molar-refractivity contribution in [2.45, 2.75) is 54.1 Å². The van der Waals surface area contributed by atoms with Gasteiger partial charge in [0.2, 0.25) is 0 Å². The Morgan fingerprint density at radius 2 is 1.87 bits per heavy atom. The second-order valence-electron chi connectivity index (χ2n) is 5.41. The van der Waals surface area contributed by atoms with Crippen LogP contribution in [0.1, 0.15) is 48.0 Å². The summed E-state index contributed by atoms with van der Waals surface area (Å²) in [6.07, 6.45) is 1.22. The van der Waals surface area contributed by atoms with Crippen LogP contribution in [0.5, 0.6) is 0 Å². The summed E-state index contributed by atoms with van der Waals surface area (Å²) in [6.45, 7) is 17.6. The average molecular weight is 210 g/mol. The smallest absolute Gasteiger partial charge is 0.0865 e. The fourth-order valence-corrected chi connectivity index (χ4v) is 1.76. The average Bonchev–Trinajstić information content (AvgIpc) is 2.01. The highest BCUT2D eigenvalue weighted by Crippen LogP contribution is 2.31. The van der Waals surface area contributed by atoms with Crippen LogP contribution in [0.15, 0.2) is 17.9 Å². The molecule has 88 valence electrons. The van der Waals surface area contributed by atoms with Crippen molar-refractivity contribution in [1.82, 2.24) is 0 Å². The van der Waals surface area contributed by atoms with Gasteiger partial charge in [0.15, 0.2) is 0 Å². The maximum absolute atomic E-state index is 5.79. The molecule has 0 spiro atoms. The summed E-state index contributed by atoms with van der Waals surface area (Å²) in [6, 6.07) is 0. The van der Waals surface area contributed by atoms with E-state index in [0.717, 1.165) is 13.0 Å². The first-order valence-corrected chi connectivity index (χ1v) is 5.84. The van der Waals surface area contributed by atoms with E-state index in [1.165, 1.54) is 5.57 Å². The summed E-state index contributed by atoms with van der Waals surface area (Å²) in [4.78, 5) is 0. The molecule has 1 nitrogen and oxygen atoms in total. The first-order chi connectivity index (χ1) is 6.82. The van der Waals surface area contributed by atoms with Gasteiger partial charge < -0.3 is 4.74 Å². The highest BCUT2D eigenvalue weighted by atomic mass is 16.5. The van der Waals surface area contributed by atoms with E-state index in [1.54, 1.807) is 0 Å². The van der Waals surface area contributed by atoms with Crippen LogP contribution in [-0.4, -0.2) is 12.7 Å². The second-order valence-corrected chi connectivity index (χ2v) is 5.41. The van der Waals surface area contributed by atoms with Crippen LogP contribution in [0.25, 0.3) is 0 Å². The fraction of sp³-hybridized carbons (Fsp3) is 0.786. The normalized spacial score (nSPS) is 13.8. The van der Waals surface area contributed by atoms with Crippen molar-refractivity contribution in [3.63, 3.8) is 0 Å². The lowest BCUT2D eigenvalue weighted by molar-refractivity contribution is 0.0611. The summed E-state index contributed by atoms with van der Waals surface area (Å²) in [5.41, 5.74) is 4.36. The molecule has 1 heteroatoms. The lowest BCUT2D eigenvalue weighted by Gasteiger charge is -2.29. The Balaban J connectivity index is 4.80. The minimum absolute atomic E-state index is 0.0937. The maximum atomic E-state index is 5.79. The van der Waals surface area contributed by atoms with Gasteiger partial charge in [0.1, 0.15) is 0 Å². The monoisotopic (exact) mass is 210 g/mol. The highest BCUT2D eigenvalue weighted by molar-refractivity contribution is 5.14. The molecule has 0 bridgehead atoms. The number of rotatable bonds is 5. The van der Waals surface area contributed by atoms with Crippen molar-refractivity contribution in [3.05, 3.63) is 17.9 Å². The van der Waals surface area contributed by atoms with Crippen molar-refractivity contribution in [3.8, 4) is 0 Å². The molecule has 0 amide bonds. The second kappa shape index (κ2) is 6.15. The van der Waals surface area contributed by atoms with Gasteiger partial charge in [-0.3, -0.25) is 0 Å². The largest absolute Gasteiger partial charge is 0.373 e. The molecule has 1 atom stereocenters. The van der Waals surface area contributed by atoms with Gasteiger partial charge in [0.05, 0.1) is 6.10 Å². The number of hydrogen-bond acceptors (Lipinski definition) is 1. The van der Waals surface area contributed by atoms with E-state index in [2.05, 4.69) is 46.9 Å². The minimum atomic E-state index is 0.0937. The molecule has 0 heterocycles. The predicted molar refractivity (Wildman–Crippen MR) is 67.0 cm³/mol. The van der Waals surface area contributed by atoms with Crippen LogP contribution >= 0.6 is 0 Å². The topological polar surface area (TPSA) is 9.23 Å². The molecule has 0 radical (unpaired) electrons. The molecule has 0 aromatic carbocycles. The third-order valence-corrected chi connectivity index (χ3v) is 2.37. The highest BCUT2D eigenvalue weighted by Gasteiger charge is 2.26. The van der Waals surface area contributed by atoms with Gasteiger partial charge in [-0.05, 0) is 24.7 Å². The Morgan fingerprint density at radius 1 is 1.33 bits per heavy atom. The van der Waals surface area contributed by atoms with Gasteiger partial charge in [-0.25, -0.2) is 0 Å². The zero-order valence-corrected chi connectivity index (χ0v) is 11.2. The molecule has 0 aromatic rings. The zero-order valence-electron chi connectivity index (χ0n) is 11.2. The van der Waals surface area contributed by atoms with E-state index >= 15 is 0 Å². The lowest BCUT2D eigenvalue weighted by Crippen LogP contribution is -2.26. The third-order valence-electron chi connectivity index (χ3n) is 2.37. The molecular weight excluding hydrogens is 184 g/mol. The van der Waals surface area contributed by atoms with Crippen LogP contribution in [0.3, 0.4) is 0 Å². The Morgan fingerprint density at radius 3 is 2.13 bits per heavy atom. The van der Waals surface area contributed by atoms with Crippen LogP contribution < -0.4 is 0 Å². The summed E-state index contributed by atoms with van der Waals surface area (Å²) in [7, 11) is 0. The number of hydrogen-bond donors (Lipinski definition) is 0. The van der Waals surface area contributed by atoms with Gasteiger partial charge >= 0.3 is 0 Å². The quantitative estimate of drug-likeness (QED) is 0.618. The van der Waals surface area contributed by atoms with Crippen LogP contribution in [0.2, 0.25) is 0 Å². The summed E-state index contributed by atoms with van der Waals surface area (Å²) in [5, 5.41) is 0. The van der Waals surface area contributed by atoms with Crippen LogP contribution in [0, 0.1) is 11.3 Å². The first-order valence-electron chi connectivity index (χ1n) is 5.84. The first kappa shape index (κ1) is 14.5. The van der Waals surface area contributed by atoms with Crippen LogP contribution in [-0.2, 0) is 4.74 Å². The maximum Gasteiger partial charge on any atom is 0.0865 e. The van der Waals surface area contributed by atoms with Gasteiger partial charge in [-0.15, -0.1) is 5.73 Å². The Labute approximate surface area is 95.2 Å². The molecule has 0 saturated heterocycles. The Kier molecular flexibility index (Phi) is 5.93. The predicted octanol–water partition coefficient (Wildman–Crippen LogP) is 4.20. The minimum Gasteiger partial charge on any atom is -0.373 e. The molecule has 0 rings (SSSR count). The molecule has 0 aliphatic heterocycles. The fourth-order valence-electron chi connectivity index (χ4n) is 1.76. The van der Waals surface area contributed by atoms with E-state index < -0.39 is 0 Å². The SMILES string of the molecule is C=C=C(C(CC(C)C)OCC)C(C)(C)C. The summed E-state index contributed by atoms with van der Waals surface area (Å²) in [5.74, 6) is 0.632. The zero-order chi connectivity index (χ0) is 12.1. The van der Waals surface area contributed by atoms with Crippen LogP contribution in [0.4, 0.5) is 0 Å². The van der Waals surface area contributed by atoms with E-state index in [4.69, 9.17) is 4.74 Å². The van der Waals surface area contributed by atoms with E-state index in [-0.39, 0.29) is 11.5 Å².